The van der Waals surface area contributed by atoms with Crippen LogP contribution in [0.15, 0.2) is 24.3 Å². The van der Waals surface area contributed by atoms with E-state index in [1.54, 1.807) is 0 Å². The van der Waals surface area contributed by atoms with E-state index in [0.29, 0.717) is 11.7 Å². The topological polar surface area (TPSA) is 38.3 Å². The third-order valence-corrected chi connectivity index (χ3v) is 4.06. The van der Waals surface area contributed by atoms with Crippen molar-refractivity contribution in [3.05, 3.63) is 30.1 Å². The second-order valence-electron chi connectivity index (χ2n) is 5.84. The first-order valence-corrected chi connectivity index (χ1v) is 7.28. The van der Waals surface area contributed by atoms with Crippen molar-refractivity contribution in [2.45, 2.75) is 45.6 Å². The Bertz CT molecular complexity index is 436. The van der Waals surface area contributed by atoms with Gasteiger partial charge in [-0.15, -0.1) is 0 Å². The Labute approximate surface area is 119 Å². The summed E-state index contributed by atoms with van der Waals surface area (Å²) in [6, 6.07) is 5.64. The predicted molar refractivity (Wildman–Crippen MR) is 76.1 cm³/mol. The lowest BCUT2D eigenvalue weighted by Gasteiger charge is -2.30. The number of carbonyl (C=O) groups excluding carboxylic acids is 1. The molecule has 0 bridgehead atoms. The lowest BCUT2D eigenvalue weighted by atomic mass is 9.80. The molecule has 1 aliphatic carbocycles. The van der Waals surface area contributed by atoms with Crippen LogP contribution >= 0.6 is 0 Å². The number of carbonyl (C=O) groups is 1. The van der Waals surface area contributed by atoms with Crippen LogP contribution in [-0.4, -0.2) is 12.1 Å². The van der Waals surface area contributed by atoms with E-state index >= 15 is 0 Å². The molecule has 1 aliphatic rings. The minimum absolute atomic E-state index is 0.193. The molecule has 1 fully saturated rings. The molecule has 3 nitrogen and oxygen atoms in total. The third-order valence-electron chi connectivity index (χ3n) is 4.06. The van der Waals surface area contributed by atoms with Crippen LogP contribution in [0.5, 0.6) is 5.75 Å². The number of hydrogen-bond donors (Lipinski definition) is 1. The molecular formula is C16H22FNO2. The van der Waals surface area contributed by atoms with E-state index in [1.807, 2.05) is 0 Å². The molecule has 20 heavy (non-hydrogen) atoms. The van der Waals surface area contributed by atoms with E-state index in [1.165, 1.54) is 24.3 Å². The smallest absolute Gasteiger partial charge is 0.410 e. The average Bonchev–Trinajstić information content (AvgIpc) is 2.42. The summed E-state index contributed by atoms with van der Waals surface area (Å²) in [5.41, 5.74) is 0. The molecule has 0 aliphatic heterocycles. The highest BCUT2D eigenvalue weighted by molar-refractivity contribution is 5.70. The predicted octanol–water partition coefficient (Wildman–Crippen LogP) is 4.13. The van der Waals surface area contributed by atoms with Gasteiger partial charge in [0.25, 0.3) is 0 Å². The van der Waals surface area contributed by atoms with Crippen molar-refractivity contribution >= 4 is 6.09 Å². The molecule has 0 saturated heterocycles. The van der Waals surface area contributed by atoms with E-state index < -0.39 is 6.09 Å². The monoisotopic (exact) mass is 279 g/mol. The summed E-state index contributed by atoms with van der Waals surface area (Å²) in [4.78, 5) is 11.8. The molecule has 1 N–H and O–H groups in total. The van der Waals surface area contributed by atoms with E-state index in [0.717, 1.165) is 31.6 Å². The van der Waals surface area contributed by atoms with Gasteiger partial charge in [0.15, 0.2) is 0 Å². The first-order valence-electron chi connectivity index (χ1n) is 7.28. The number of amides is 1. The minimum atomic E-state index is -0.454. The molecular weight excluding hydrogens is 257 g/mol. The third kappa shape index (κ3) is 4.22. The Balaban J connectivity index is 1.77. The van der Waals surface area contributed by atoms with Crippen LogP contribution in [0.2, 0.25) is 0 Å². The SMILES string of the molecule is CC(C)C1CCC(NC(=O)Oc2ccc(F)cc2)CC1. The van der Waals surface area contributed by atoms with Crippen LogP contribution in [0.4, 0.5) is 9.18 Å². The van der Waals surface area contributed by atoms with E-state index in [2.05, 4.69) is 19.2 Å². The van der Waals surface area contributed by atoms with Crippen molar-refractivity contribution in [3.8, 4) is 5.75 Å². The molecule has 0 atom stereocenters. The van der Waals surface area contributed by atoms with Crippen LogP contribution in [-0.2, 0) is 0 Å². The second-order valence-corrected chi connectivity index (χ2v) is 5.84. The van der Waals surface area contributed by atoms with Crippen molar-refractivity contribution in [2.24, 2.45) is 11.8 Å². The lowest BCUT2D eigenvalue weighted by Crippen LogP contribution is -2.39. The summed E-state index contributed by atoms with van der Waals surface area (Å²) in [5.74, 6) is 1.49. The molecule has 1 saturated carbocycles. The Morgan fingerprint density at radius 1 is 1.20 bits per heavy atom. The molecule has 0 heterocycles. The van der Waals surface area contributed by atoms with Gasteiger partial charge in [-0.25, -0.2) is 9.18 Å². The number of hydrogen-bond acceptors (Lipinski definition) is 2. The van der Waals surface area contributed by atoms with Gasteiger partial charge in [0.2, 0.25) is 0 Å². The fourth-order valence-corrected chi connectivity index (χ4v) is 2.74. The maximum Gasteiger partial charge on any atom is 0.412 e. The highest BCUT2D eigenvalue weighted by Gasteiger charge is 2.24. The van der Waals surface area contributed by atoms with Crippen molar-refractivity contribution in [1.29, 1.82) is 0 Å². The Morgan fingerprint density at radius 2 is 1.80 bits per heavy atom. The molecule has 4 heteroatoms. The van der Waals surface area contributed by atoms with Gasteiger partial charge in [0.1, 0.15) is 11.6 Å². The van der Waals surface area contributed by atoms with Gasteiger partial charge in [0.05, 0.1) is 0 Å². The Morgan fingerprint density at radius 3 is 2.35 bits per heavy atom. The first kappa shape index (κ1) is 14.8. The van der Waals surface area contributed by atoms with Crippen LogP contribution in [0.1, 0.15) is 39.5 Å². The summed E-state index contributed by atoms with van der Waals surface area (Å²) in [6.45, 7) is 4.50. The van der Waals surface area contributed by atoms with Crippen LogP contribution in [0.3, 0.4) is 0 Å². The molecule has 110 valence electrons. The van der Waals surface area contributed by atoms with Crippen molar-refractivity contribution < 1.29 is 13.9 Å². The molecule has 1 aromatic rings. The maximum absolute atomic E-state index is 12.7. The van der Waals surface area contributed by atoms with Crippen LogP contribution in [0.25, 0.3) is 0 Å². The molecule has 0 radical (unpaired) electrons. The molecule has 0 spiro atoms. The Hall–Kier alpha value is -1.58. The summed E-state index contributed by atoms with van der Waals surface area (Å²) in [5, 5.41) is 2.89. The second kappa shape index (κ2) is 6.73. The minimum Gasteiger partial charge on any atom is -0.410 e. The normalized spacial score (nSPS) is 22.6. The fraction of sp³-hybridized carbons (Fsp3) is 0.562. The quantitative estimate of drug-likeness (QED) is 0.903. The summed E-state index contributed by atoms with van der Waals surface area (Å²) in [6.07, 6.45) is 3.85. The summed E-state index contributed by atoms with van der Waals surface area (Å²) >= 11 is 0. The van der Waals surface area contributed by atoms with Gasteiger partial charge in [-0.1, -0.05) is 13.8 Å². The van der Waals surface area contributed by atoms with Crippen molar-refractivity contribution in [1.82, 2.24) is 5.32 Å². The van der Waals surface area contributed by atoms with Crippen LogP contribution < -0.4 is 10.1 Å². The van der Waals surface area contributed by atoms with Crippen LogP contribution in [0, 0.1) is 17.7 Å². The Kier molecular flexibility index (Phi) is 4.99. The van der Waals surface area contributed by atoms with Crippen molar-refractivity contribution in [3.63, 3.8) is 0 Å². The van der Waals surface area contributed by atoms with Gasteiger partial charge < -0.3 is 10.1 Å². The lowest BCUT2D eigenvalue weighted by molar-refractivity contribution is 0.183. The highest BCUT2D eigenvalue weighted by Crippen LogP contribution is 2.29. The van der Waals surface area contributed by atoms with Gasteiger partial charge >= 0.3 is 6.09 Å². The molecule has 1 aromatic carbocycles. The van der Waals surface area contributed by atoms with E-state index in [4.69, 9.17) is 4.74 Å². The number of rotatable bonds is 3. The van der Waals surface area contributed by atoms with Gasteiger partial charge in [-0.05, 0) is 61.8 Å². The molecule has 0 aromatic heterocycles. The van der Waals surface area contributed by atoms with E-state index in [9.17, 15) is 9.18 Å². The number of halogens is 1. The van der Waals surface area contributed by atoms with Gasteiger partial charge in [0, 0.05) is 6.04 Å². The largest absolute Gasteiger partial charge is 0.412 e. The fourth-order valence-electron chi connectivity index (χ4n) is 2.74. The van der Waals surface area contributed by atoms with Crippen molar-refractivity contribution in [2.75, 3.05) is 0 Å². The molecule has 1 amide bonds. The molecule has 0 unspecified atom stereocenters. The average molecular weight is 279 g/mol. The standard InChI is InChI=1S/C16H22FNO2/c1-11(2)12-3-7-14(8-4-12)18-16(19)20-15-9-5-13(17)6-10-15/h5-6,9-12,14H,3-4,7-8H2,1-2H3,(H,18,19). The highest BCUT2D eigenvalue weighted by atomic mass is 19.1. The summed E-state index contributed by atoms with van der Waals surface area (Å²) < 4.78 is 17.9. The number of nitrogens with one attached hydrogen (secondary N) is 1. The zero-order chi connectivity index (χ0) is 14.5. The zero-order valence-electron chi connectivity index (χ0n) is 12.1. The van der Waals surface area contributed by atoms with Gasteiger partial charge in [-0.3, -0.25) is 0 Å². The molecule has 2 rings (SSSR count). The first-order chi connectivity index (χ1) is 9.54. The number of ether oxygens (including phenoxy) is 1. The van der Waals surface area contributed by atoms with Gasteiger partial charge in [-0.2, -0.15) is 0 Å². The maximum atomic E-state index is 12.7. The zero-order valence-corrected chi connectivity index (χ0v) is 12.1. The summed E-state index contributed by atoms with van der Waals surface area (Å²) in [7, 11) is 0. The van der Waals surface area contributed by atoms with E-state index in [-0.39, 0.29) is 11.9 Å². The number of benzene rings is 1.